The molecule has 1 aromatic heterocycles. The molecule has 16 heavy (non-hydrogen) atoms. The van der Waals surface area contributed by atoms with Crippen LogP contribution in [0.5, 0.6) is 5.88 Å². The Balaban J connectivity index is 2.72. The largest absolute Gasteiger partial charge is 0.494 e. The van der Waals surface area contributed by atoms with Crippen molar-refractivity contribution in [1.29, 1.82) is 0 Å². The number of aromatic amines is 1. The normalized spacial score (nSPS) is 10.4. The van der Waals surface area contributed by atoms with E-state index < -0.39 is 5.56 Å². The highest BCUT2D eigenvalue weighted by Crippen LogP contribution is 2.32. The van der Waals surface area contributed by atoms with Gasteiger partial charge >= 0.3 is 0 Å². The molecule has 82 valence electrons. The molecule has 2 N–H and O–H groups in total. The van der Waals surface area contributed by atoms with E-state index in [1.54, 1.807) is 18.2 Å². The fourth-order valence-electron chi connectivity index (χ4n) is 1.29. The molecule has 2 aromatic rings. The maximum absolute atomic E-state index is 11.1. The lowest BCUT2D eigenvalue weighted by atomic mass is 10.2. The summed E-state index contributed by atoms with van der Waals surface area (Å²) in [4.78, 5) is 17.3. The minimum absolute atomic E-state index is 0.139. The highest BCUT2D eigenvalue weighted by molar-refractivity contribution is 6.38. The molecule has 0 fully saturated rings. The summed E-state index contributed by atoms with van der Waals surface area (Å²) in [6.45, 7) is 0. The predicted molar refractivity (Wildman–Crippen MR) is 62.0 cm³/mol. The van der Waals surface area contributed by atoms with Gasteiger partial charge < -0.3 is 10.1 Å². The Hall–Kier alpha value is -1.52. The molecule has 6 heteroatoms. The summed E-state index contributed by atoms with van der Waals surface area (Å²) >= 11 is 11.9. The van der Waals surface area contributed by atoms with Crippen LogP contribution in [0.15, 0.2) is 29.1 Å². The van der Waals surface area contributed by atoms with Crippen LogP contribution in [-0.2, 0) is 0 Å². The summed E-state index contributed by atoms with van der Waals surface area (Å²) < 4.78 is 0. The van der Waals surface area contributed by atoms with Crippen molar-refractivity contribution in [3.63, 3.8) is 0 Å². The third kappa shape index (κ3) is 2.03. The Morgan fingerprint density at radius 3 is 2.44 bits per heavy atom. The van der Waals surface area contributed by atoms with Gasteiger partial charge in [0.15, 0.2) is 5.88 Å². The highest BCUT2D eigenvalue weighted by Gasteiger charge is 2.11. The van der Waals surface area contributed by atoms with Gasteiger partial charge in [-0.05, 0) is 12.1 Å². The number of aromatic hydroxyl groups is 1. The van der Waals surface area contributed by atoms with Crippen LogP contribution in [0, 0.1) is 0 Å². The van der Waals surface area contributed by atoms with Crippen molar-refractivity contribution in [2.24, 2.45) is 0 Å². The monoisotopic (exact) mass is 256 g/mol. The Morgan fingerprint density at radius 2 is 1.88 bits per heavy atom. The van der Waals surface area contributed by atoms with Crippen molar-refractivity contribution >= 4 is 23.2 Å². The Kier molecular flexibility index (Phi) is 2.85. The van der Waals surface area contributed by atoms with Gasteiger partial charge in [0.1, 0.15) is 5.82 Å². The molecular weight excluding hydrogens is 251 g/mol. The minimum Gasteiger partial charge on any atom is -0.494 e. The van der Waals surface area contributed by atoms with Crippen LogP contribution in [0.3, 0.4) is 0 Å². The van der Waals surface area contributed by atoms with Crippen molar-refractivity contribution in [1.82, 2.24) is 9.97 Å². The zero-order chi connectivity index (χ0) is 11.7. The first kappa shape index (κ1) is 11.0. The topological polar surface area (TPSA) is 66.0 Å². The Bertz CT molecular complexity index is 575. The van der Waals surface area contributed by atoms with Gasteiger partial charge in [0, 0.05) is 0 Å². The molecule has 0 unspecified atom stereocenters. The lowest BCUT2D eigenvalue weighted by Gasteiger charge is -2.05. The van der Waals surface area contributed by atoms with Gasteiger partial charge in [-0.1, -0.05) is 29.3 Å². The van der Waals surface area contributed by atoms with Gasteiger partial charge in [0.2, 0.25) is 0 Å². The fraction of sp³-hybridized carbons (Fsp3) is 0. The maximum Gasteiger partial charge on any atom is 0.277 e. The SMILES string of the molecule is O=c1cc(O)[nH]c(-c2c(Cl)cccc2Cl)n1. The summed E-state index contributed by atoms with van der Waals surface area (Å²) in [6.07, 6.45) is 0. The van der Waals surface area contributed by atoms with Crippen LogP contribution >= 0.6 is 23.2 Å². The van der Waals surface area contributed by atoms with Crippen molar-refractivity contribution in [2.75, 3.05) is 0 Å². The number of aromatic nitrogens is 2. The third-order valence-corrected chi connectivity index (χ3v) is 2.56. The number of nitrogens with zero attached hydrogens (tertiary/aromatic N) is 1. The highest BCUT2D eigenvalue weighted by atomic mass is 35.5. The number of nitrogens with one attached hydrogen (secondary N) is 1. The minimum atomic E-state index is -0.567. The van der Waals surface area contributed by atoms with Crippen molar-refractivity contribution in [3.8, 4) is 17.3 Å². The number of rotatable bonds is 1. The number of hydrogen-bond donors (Lipinski definition) is 2. The fourth-order valence-corrected chi connectivity index (χ4v) is 1.86. The first-order valence-electron chi connectivity index (χ1n) is 4.32. The molecule has 2 rings (SSSR count). The molecule has 0 bridgehead atoms. The molecule has 0 radical (unpaired) electrons. The summed E-state index contributed by atoms with van der Waals surface area (Å²) in [5.74, 6) is -0.147. The zero-order valence-corrected chi connectivity index (χ0v) is 9.38. The average Bonchev–Trinajstić information content (AvgIpc) is 2.15. The summed E-state index contributed by atoms with van der Waals surface area (Å²) in [5, 5.41) is 9.95. The lowest BCUT2D eigenvalue weighted by molar-refractivity contribution is 0.452. The molecule has 0 aliphatic carbocycles. The molecule has 0 aliphatic heterocycles. The van der Waals surface area contributed by atoms with Crippen LogP contribution in [0.1, 0.15) is 0 Å². The molecule has 0 aliphatic rings. The first-order valence-corrected chi connectivity index (χ1v) is 5.08. The van der Waals surface area contributed by atoms with E-state index in [-0.39, 0.29) is 11.7 Å². The van der Waals surface area contributed by atoms with Gasteiger partial charge in [0.05, 0.1) is 21.7 Å². The second kappa shape index (κ2) is 4.15. The van der Waals surface area contributed by atoms with E-state index in [2.05, 4.69) is 9.97 Å². The summed E-state index contributed by atoms with van der Waals surface area (Å²) in [6, 6.07) is 5.88. The van der Waals surface area contributed by atoms with E-state index in [4.69, 9.17) is 23.2 Å². The lowest BCUT2D eigenvalue weighted by Crippen LogP contribution is -2.07. The van der Waals surface area contributed by atoms with Crippen molar-refractivity contribution in [2.45, 2.75) is 0 Å². The number of benzene rings is 1. The Morgan fingerprint density at radius 1 is 1.25 bits per heavy atom. The number of hydrogen-bond acceptors (Lipinski definition) is 3. The van der Waals surface area contributed by atoms with Gasteiger partial charge in [0.25, 0.3) is 5.56 Å². The third-order valence-electron chi connectivity index (χ3n) is 1.93. The molecule has 0 spiro atoms. The standard InChI is InChI=1S/C10H6Cl2N2O2/c11-5-2-1-3-6(12)9(5)10-13-7(15)4-8(16)14-10/h1-4H,(H2,13,14,15,16). The second-order valence-corrected chi connectivity index (χ2v) is 3.86. The quantitative estimate of drug-likeness (QED) is 0.824. The number of H-pyrrole nitrogens is 1. The van der Waals surface area contributed by atoms with Crippen LogP contribution in [-0.4, -0.2) is 15.1 Å². The smallest absolute Gasteiger partial charge is 0.277 e. The second-order valence-electron chi connectivity index (χ2n) is 3.05. The maximum atomic E-state index is 11.1. The van der Waals surface area contributed by atoms with Crippen molar-refractivity contribution in [3.05, 3.63) is 44.7 Å². The molecule has 0 saturated heterocycles. The van der Waals surface area contributed by atoms with E-state index in [1.165, 1.54) is 0 Å². The average molecular weight is 257 g/mol. The van der Waals surface area contributed by atoms with Gasteiger partial charge in [-0.15, -0.1) is 0 Å². The molecule has 0 atom stereocenters. The summed E-state index contributed by atoms with van der Waals surface area (Å²) in [7, 11) is 0. The zero-order valence-electron chi connectivity index (χ0n) is 7.87. The summed E-state index contributed by atoms with van der Waals surface area (Å²) in [5.41, 5.74) is -0.180. The van der Waals surface area contributed by atoms with Gasteiger partial charge in [-0.2, -0.15) is 4.98 Å². The molecule has 4 nitrogen and oxygen atoms in total. The van der Waals surface area contributed by atoms with E-state index in [0.29, 0.717) is 15.6 Å². The predicted octanol–water partition coefficient (Wildman–Crippen LogP) is 2.45. The van der Waals surface area contributed by atoms with E-state index in [9.17, 15) is 9.90 Å². The molecule has 1 heterocycles. The Labute approximate surface area is 100 Å². The van der Waals surface area contributed by atoms with Gasteiger partial charge in [-0.25, -0.2) is 0 Å². The molecular formula is C10H6Cl2N2O2. The van der Waals surface area contributed by atoms with Crippen LogP contribution in [0.4, 0.5) is 0 Å². The van der Waals surface area contributed by atoms with E-state index in [0.717, 1.165) is 6.07 Å². The van der Waals surface area contributed by atoms with Crippen LogP contribution in [0.25, 0.3) is 11.4 Å². The molecule has 1 aromatic carbocycles. The number of halogens is 2. The van der Waals surface area contributed by atoms with Crippen LogP contribution < -0.4 is 5.56 Å². The first-order chi connectivity index (χ1) is 7.58. The molecule has 0 saturated carbocycles. The van der Waals surface area contributed by atoms with Crippen LogP contribution in [0.2, 0.25) is 10.0 Å². The van der Waals surface area contributed by atoms with E-state index in [1.807, 2.05) is 0 Å². The van der Waals surface area contributed by atoms with E-state index >= 15 is 0 Å². The van der Waals surface area contributed by atoms with Crippen molar-refractivity contribution < 1.29 is 5.11 Å². The van der Waals surface area contributed by atoms with Gasteiger partial charge in [-0.3, -0.25) is 4.79 Å². The molecule has 0 amide bonds.